The molecule has 0 saturated carbocycles. The summed E-state index contributed by atoms with van der Waals surface area (Å²) in [5, 5.41) is 0.877. The van der Waals surface area contributed by atoms with Crippen molar-refractivity contribution in [3.8, 4) is 0 Å². The van der Waals surface area contributed by atoms with Crippen molar-refractivity contribution >= 4 is 47.7 Å². The van der Waals surface area contributed by atoms with Gasteiger partial charge in [0.25, 0.3) is 0 Å². The van der Waals surface area contributed by atoms with Crippen molar-refractivity contribution in [2.45, 2.75) is 30.5 Å². The van der Waals surface area contributed by atoms with Crippen molar-refractivity contribution in [2.24, 2.45) is 0 Å². The molecule has 0 fully saturated rings. The van der Waals surface area contributed by atoms with Crippen molar-refractivity contribution < 1.29 is 13.4 Å². The van der Waals surface area contributed by atoms with Crippen LogP contribution >= 0.6 is 0 Å². The second kappa shape index (κ2) is 8.47. The first-order valence-electron chi connectivity index (χ1n) is 8.72. The average molecular weight is 447 g/mol. The molecule has 0 aliphatic heterocycles. The van der Waals surface area contributed by atoms with Gasteiger partial charge in [-0.3, -0.25) is 0 Å². The molecule has 27 heavy (non-hydrogen) atoms. The van der Waals surface area contributed by atoms with Crippen molar-refractivity contribution in [3.63, 3.8) is 0 Å². The van der Waals surface area contributed by atoms with Crippen LogP contribution in [-0.4, -0.2) is 30.1 Å². The molecule has 0 amide bonds. The van der Waals surface area contributed by atoms with Gasteiger partial charge in [0.1, 0.15) is 0 Å². The van der Waals surface area contributed by atoms with E-state index in [1.165, 1.54) is 12.1 Å². The molecule has 3 rings (SSSR count). The summed E-state index contributed by atoms with van der Waals surface area (Å²) < 4.78 is 25.7. The summed E-state index contributed by atoms with van der Waals surface area (Å²) in [6.07, 6.45) is 4.07. The number of hydrogen-bond acceptors (Lipinski definition) is 2. The maximum atomic E-state index is 13.9. The minimum atomic E-state index is -1.01. The second-order valence-electron chi connectivity index (χ2n) is 6.36. The zero-order chi connectivity index (χ0) is 19.6. The summed E-state index contributed by atoms with van der Waals surface area (Å²) in [6.45, 7) is 4.01. The predicted octanol–water partition coefficient (Wildman–Crippen LogP) is 4.95. The van der Waals surface area contributed by atoms with Gasteiger partial charge in [0.2, 0.25) is 0 Å². The topological polar surface area (TPSA) is 34.1 Å². The number of hydrogen-bond donors (Lipinski definition) is 0. The molecule has 1 unspecified atom stereocenters. The summed E-state index contributed by atoms with van der Waals surface area (Å²) in [5.41, 5.74) is 5.75. The number of rotatable bonds is 6. The molecule has 140 valence electrons. The first-order chi connectivity index (χ1) is 12.9. The van der Waals surface area contributed by atoms with Crippen LogP contribution < -0.4 is 0 Å². The van der Waals surface area contributed by atoms with Gasteiger partial charge in [0.05, 0.1) is 0 Å². The van der Waals surface area contributed by atoms with Crippen LogP contribution in [-0.2, 0) is 15.6 Å². The molecule has 2 aromatic rings. The van der Waals surface area contributed by atoms with E-state index in [9.17, 15) is 13.4 Å². The van der Waals surface area contributed by atoms with Gasteiger partial charge in [-0.15, -0.1) is 0 Å². The Labute approximate surface area is 168 Å². The molecule has 5 heteroatoms. The molecule has 1 atom stereocenters. The number of fused-ring (bicyclic) bond motifs is 1. The molecule has 0 bridgehead atoms. The van der Waals surface area contributed by atoms with E-state index in [1.807, 2.05) is 38.1 Å². The van der Waals surface area contributed by atoms with Gasteiger partial charge in [0, 0.05) is 0 Å². The molecule has 2 nitrogen and oxygen atoms in total. The van der Waals surface area contributed by atoms with Crippen LogP contribution in [0.3, 0.4) is 0 Å². The first kappa shape index (κ1) is 19.9. The molecule has 0 spiro atoms. The summed E-state index contributed by atoms with van der Waals surface area (Å²) in [5.74, 6) is -0.288. The van der Waals surface area contributed by atoms with E-state index in [2.05, 4.69) is 6.08 Å². The summed E-state index contributed by atoms with van der Waals surface area (Å²) in [6, 6.07) is 12.4. The van der Waals surface area contributed by atoms with Gasteiger partial charge in [-0.2, -0.15) is 0 Å². The van der Waals surface area contributed by atoms with Crippen LogP contribution in [0.2, 0.25) is 5.32 Å². The number of halogens is 1. The molecule has 0 aromatic heterocycles. The third-order valence-corrected chi connectivity index (χ3v) is 7.12. The van der Waals surface area contributed by atoms with E-state index in [-0.39, 0.29) is 25.5 Å². The quantitative estimate of drug-likeness (QED) is 0.588. The Morgan fingerprint density at radius 1 is 1.15 bits per heavy atom. The summed E-state index contributed by atoms with van der Waals surface area (Å²) in [7, 11) is -1.01. The molecule has 0 N–H and O–H groups in total. The molecule has 0 radical (unpaired) electrons. The molecular weight excluding hydrogens is 426 g/mol. The second-order valence-corrected chi connectivity index (χ2v) is 10.5. The normalized spacial score (nSPS) is 15.9. The zero-order valence-corrected chi connectivity index (χ0v) is 18.1. The van der Waals surface area contributed by atoms with Crippen LogP contribution in [0.15, 0.2) is 52.9 Å². The SMILES string of the molecule is CC[Se]C(=O)CC1=C(C)/C(=C/c2ccc(S(C)=O)cc2)c2ccc(F)cc21. The van der Waals surface area contributed by atoms with E-state index in [1.54, 1.807) is 12.3 Å². The number of benzene rings is 2. The van der Waals surface area contributed by atoms with Crippen LogP contribution in [0.4, 0.5) is 4.39 Å². The van der Waals surface area contributed by atoms with Gasteiger partial charge in [-0.05, 0) is 0 Å². The van der Waals surface area contributed by atoms with Gasteiger partial charge in [-0.25, -0.2) is 0 Å². The Morgan fingerprint density at radius 2 is 1.85 bits per heavy atom. The molecule has 0 heterocycles. The number of allylic oxidation sites excluding steroid dienone is 3. The van der Waals surface area contributed by atoms with Gasteiger partial charge >= 0.3 is 168 Å². The monoisotopic (exact) mass is 448 g/mol. The van der Waals surface area contributed by atoms with Gasteiger partial charge in [0.15, 0.2) is 0 Å². The van der Waals surface area contributed by atoms with Crippen molar-refractivity contribution in [1.82, 2.24) is 0 Å². The molecule has 1 aliphatic rings. The van der Waals surface area contributed by atoms with Crippen LogP contribution in [0.25, 0.3) is 17.2 Å². The molecule has 1 aliphatic carbocycles. The van der Waals surface area contributed by atoms with Crippen LogP contribution in [0, 0.1) is 5.82 Å². The molecule has 0 saturated heterocycles. The number of carbonyl (C=O) groups is 1. The van der Waals surface area contributed by atoms with Crippen molar-refractivity contribution in [1.29, 1.82) is 0 Å². The average Bonchev–Trinajstić information content (AvgIpc) is 2.87. The van der Waals surface area contributed by atoms with Crippen LogP contribution in [0.5, 0.6) is 0 Å². The zero-order valence-electron chi connectivity index (χ0n) is 15.5. The Morgan fingerprint density at radius 3 is 2.48 bits per heavy atom. The van der Waals surface area contributed by atoms with Crippen LogP contribution in [0.1, 0.15) is 37.0 Å². The van der Waals surface area contributed by atoms with Crippen molar-refractivity contribution in [2.75, 3.05) is 6.26 Å². The Bertz CT molecular complexity index is 974. The minimum absolute atomic E-state index is 0.0289. The Kier molecular flexibility index (Phi) is 6.25. The molecule has 2 aromatic carbocycles. The van der Waals surface area contributed by atoms with Gasteiger partial charge in [-0.1, -0.05) is 0 Å². The third-order valence-electron chi connectivity index (χ3n) is 4.60. The third kappa shape index (κ3) is 4.37. The fourth-order valence-electron chi connectivity index (χ4n) is 3.26. The van der Waals surface area contributed by atoms with Crippen molar-refractivity contribution in [3.05, 3.63) is 70.5 Å². The van der Waals surface area contributed by atoms with E-state index in [0.717, 1.165) is 43.6 Å². The number of carbonyl (C=O) groups excluding carboxylic acids is 1. The summed E-state index contributed by atoms with van der Waals surface area (Å²) >= 11 is -0.0289. The first-order valence-corrected chi connectivity index (χ1v) is 12.3. The standard InChI is InChI=1S/C22H21FO2SSe/c1-4-27-22(24)13-20-14(2)19(18-10-7-16(23)12-21(18)20)11-15-5-8-17(9-6-15)26(3)25/h5-12H,4,13H2,1-3H3/b19-11-. The predicted molar refractivity (Wildman–Crippen MR) is 111 cm³/mol. The van der Waals surface area contributed by atoms with E-state index >= 15 is 0 Å². The summed E-state index contributed by atoms with van der Waals surface area (Å²) in [4.78, 5) is 13.0. The van der Waals surface area contributed by atoms with E-state index in [0.29, 0.717) is 6.42 Å². The fraction of sp³-hybridized carbons (Fsp3) is 0.227. The molecular formula is C22H21FO2SSe. The van der Waals surface area contributed by atoms with Gasteiger partial charge < -0.3 is 0 Å². The van der Waals surface area contributed by atoms with E-state index < -0.39 is 10.8 Å². The fourth-order valence-corrected chi connectivity index (χ4v) is 4.97. The van der Waals surface area contributed by atoms with E-state index in [4.69, 9.17) is 0 Å². The Hall–Kier alpha value is -1.81. The maximum absolute atomic E-state index is 13.9. The Balaban J connectivity index is 2.05.